The van der Waals surface area contributed by atoms with E-state index in [0.717, 1.165) is 0 Å². The van der Waals surface area contributed by atoms with Crippen LogP contribution >= 0.6 is 11.8 Å². The van der Waals surface area contributed by atoms with Gasteiger partial charge in [-0.25, -0.2) is 9.97 Å². The molecule has 1 aromatic carbocycles. The Morgan fingerprint density at radius 2 is 2.11 bits per heavy atom. The summed E-state index contributed by atoms with van der Waals surface area (Å²) in [7, 11) is 1.45. The summed E-state index contributed by atoms with van der Waals surface area (Å²) in [6, 6.07) is 4.64. The van der Waals surface area contributed by atoms with Crippen LogP contribution in [0.5, 0.6) is 11.5 Å². The number of benzene rings is 1. The van der Waals surface area contributed by atoms with Crippen LogP contribution in [0.2, 0.25) is 0 Å². The van der Waals surface area contributed by atoms with E-state index in [1.54, 1.807) is 12.1 Å². The van der Waals surface area contributed by atoms with E-state index in [0.29, 0.717) is 21.9 Å². The van der Waals surface area contributed by atoms with E-state index < -0.39 is 5.25 Å². The Bertz CT molecular complexity index is 1010. The number of carbonyl (C=O) groups excluding carboxylic acids is 1. The third-order valence-electron chi connectivity index (χ3n) is 3.97. The summed E-state index contributed by atoms with van der Waals surface area (Å²) in [5.74, 6) is 0.161. The summed E-state index contributed by atoms with van der Waals surface area (Å²) >= 11 is 1.29. The van der Waals surface area contributed by atoms with E-state index in [-0.39, 0.29) is 28.8 Å². The number of nitrogens with two attached hydrogens (primary N) is 1. The highest BCUT2D eigenvalue weighted by molar-refractivity contribution is 8.00. The molecule has 1 atom stereocenters. The largest absolute Gasteiger partial charge is 0.504 e. The van der Waals surface area contributed by atoms with Gasteiger partial charge in [0.25, 0.3) is 0 Å². The Labute approximate surface area is 166 Å². The molecule has 0 spiro atoms. The number of nitrogens with one attached hydrogen (secondary N) is 2. The lowest BCUT2D eigenvalue weighted by atomic mass is 9.91. The van der Waals surface area contributed by atoms with Crippen LogP contribution in [0.1, 0.15) is 20.8 Å². The van der Waals surface area contributed by atoms with Gasteiger partial charge in [0.15, 0.2) is 17.1 Å². The molecule has 0 aliphatic heterocycles. The van der Waals surface area contributed by atoms with Crippen LogP contribution < -0.4 is 15.8 Å². The van der Waals surface area contributed by atoms with E-state index in [9.17, 15) is 9.90 Å². The average Bonchev–Trinajstić information content (AvgIpc) is 3.08. The Hall–Kier alpha value is -3.01. The first kappa shape index (κ1) is 19.7. The van der Waals surface area contributed by atoms with Crippen molar-refractivity contribution in [2.75, 3.05) is 18.2 Å². The molecule has 0 fully saturated rings. The maximum absolute atomic E-state index is 13.1. The number of nitrogens with zero attached hydrogens (tertiary/aromatic N) is 3. The number of hydrogen-bond acceptors (Lipinski definition) is 8. The van der Waals surface area contributed by atoms with Gasteiger partial charge in [0, 0.05) is 11.8 Å². The predicted molar refractivity (Wildman–Crippen MR) is 108 cm³/mol. The van der Waals surface area contributed by atoms with Crippen molar-refractivity contribution < 1.29 is 14.6 Å². The maximum atomic E-state index is 13.1. The summed E-state index contributed by atoms with van der Waals surface area (Å²) in [6.07, 6.45) is 1.51. The zero-order chi connectivity index (χ0) is 20.5. The SMILES string of the molecule is COc1cc(NC(=O)C(Sc2nc(N)nc3nc[nH]c23)C(C)(C)C)ccc1O. The number of phenols is 1. The molecular formula is C18H22N6O3S. The monoisotopic (exact) mass is 402 g/mol. The number of nitrogen functional groups attached to an aromatic ring is 1. The Kier molecular flexibility index (Phi) is 5.32. The number of carbonyl (C=O) groups is 1. The molecule has 9 nitrogen and oxygen atoms in total. The van der Waals surface area contributed by atoms with Crippen molar-refractivity contribution in [1.29, 1.82) is 0 Å². The number of fused-ring (bicyclic) bond motifs is 1. The quantitative estimate of drug-likeness (QED) is 0.290. The Balaban J connectivity index is 1.90. The van der Waals surface area contributed by atoms with Crippen LogP contribution in [0, 0.1) is 5.41 Å². The van der Waals surface area contributed by atoms with Crippen LogP contribution in [0.3, 0.4) is 0 Å². The zero-order valence-electron chi connectivity index (χ0n) is 16.0. The third kappa shape index (κ3) is 4.11. The van der Waals surface area contributed by atoms with Gasteiger partial charge in [0.05, 0.1) is 18.7 Å². The minimum absolute atomic E-state index is 0.000318. The summed E-state index contributed by atoms with van der Waals surface area (Å²) < 4.78 is 5.09. The number of aromatic nitrogens is 4. The van der Waals surface area contributed by atoms with Crippen LogP contribution in [-0.2, 0) is 4.79 Å². The summed E-state index contributed by atoms with van der Waals surface area (Å²) in [4.78, 5) is 28.5. The van der Waals surface area contributed by atoms with Gasteiger partial charge in [0.2, 0.25) is 11.9 Å². The molecule has 148 valence electrons. The fourth-order valence-corrected chi connectivity index (χ4v) is 3.76. The molecule has 2 aromatic heterocycles. The Morgan fingerprint density at radius 1 is 1.36 bits per heavy atom. The van der Waals surface area contributed by atoms with E-state index in [2.05, 4.69) is 25.3 Å². The second-order valence-corrected chi connectivity index (χ2v) is 8.32. The predicted octanol–water partition coefficient (Wildman–Crippen LogP) is 2.79. The zero-order valence-corrected chi connectivity index (χ0v) is 16.8. The highest BCUT2D eigenvalue weighted by atomic mass is 32.2. The van der Waals surface area contributed by atoms with Crippen LogP contribution in [-0.4, -0.2) is 43.3 Å². The smallest absolute Gasteiger partial charge is 0.238 e. The van der Waals surface area contributed by atoms with E-state index in [1.165, 1.54) is 31.3 Å². The number of anilines is 2. The van der Waals surface area contributed by atoms with Crippen LogP contribution in [0.15, 0.2) is 29.6 Å². The molecule has 0 saturated heterocycles. The lowest BCUT2D eigenvalue weighted by Crippen LogP contribution is -2.36. The molecular weight excluding hydrogens is 380 g/mol. The molecule has 5 N–H and O–H groups in total. The number of H-pyrrole nitrogens is 1. The van der Waals surface area contributed by atoms with Crippen molar-refractivity contribution in [1.82, 2.24) is 19.9 Å². The van der Waals surface area contributed by atoms with Gasteiger partial charge >= 0.3 is 0 Å². The minimum Gasteiger partial charge on any atom is -0.504 e. The first-order chi connectivity index (χ1) is 13.2. The molecule has 3 aromatic rings. The molecule has 3 rings (SSSR count). The minimum atomic E-state index is -0.493. The molecule has 0 radical (unpaired) electrons. The van der Waals surface area contributed by atoms with Crippen molar-refractivity contribution in [3.05, 3.63) is 24.5 Å². The van der Waals surface area contributed by atoms with Crippen LogP contribution in [0.4, 0.5) is 11.6 Å². The second-order valence-electron chi connectivity index (χ2n) is 7.23. The highest BCUT2D eigenvalue weighted by Crippen LogP contribution is 2.38. The fourth-order valence-electron chi connectivity index (χ4n) is 2.61. The number of aromatic hydroxyl groups is 1. The molecule has 0 saturated carbocycles. The van der Waals surface area contributed by atoms with Gasteiger partial charge in [-0.15, -0.1) is 0 Å². The lowest BCUT2D eigenvalue weighted by molar-refractivity contribution is -0.117. The van der Waals surface area contributed by atoms with Gasteiger partial charge < -0.3 is 25.9 Å². The third-order valence-corrected chi connectivity index (χ3v) is 5.65. The topological polar surface area (TPSA) is 139 Å². The fraction of sp³-hybridized carbons (Fsp3) is 0.333. The van der Waals surface area contributed by atoms with Gasteiger partial charge in [-0.2, -0.15) is 4.98 Å². The van der Waals surface area contributed by atoms with E-state index in [4.69, 9.17) is 10.5 Å². The summed E-state index contributed by atoms with van der Waals surface area (Å²) in [6.45, 7) is 5.91. The number of thioether (sulfide) groups is 1. The van der Waals surface area contributed by atoms with E-state index in [1.807, 2.05) is 20.8 Å². The molecule has 10 heteroatoms. The van der Waals surface area contributed by atoms with Crippen molar-refractivity contribution in [2.24, 2.45) is 5.41 Å². The van der Waals surface area contributed by atoms with Gasteiger partial charge in [0.1, 0.15) is 10.5 Å². The molecule has 2 heterocycles. The summed E-state index contributed by atoms with van der Waals surface area (Å²) in [5.41, 5.74) is 7.00. The van der Waals surface area contributed by atoms with Crippen molar-refractivity contribution >= 4 is 40.5 Å². The standard InChI is InChI=1S/C18H22N6O3S/c1-18(2,3)13(15(26)22-9-5-6-10(25)11(7-9)27-4)28-16-12-14(21-8-20-12)23-17(19)24-16/h5-8,13,25H,1-4H3,(H,22,26)(H3,19,20,21,23,24). The maximum Gasteiger partial charge on any atom is 0.238 e. The number of imidazole rings is 1. The lowest BCUT2D eigenvalue weighted by Gasteiger charge is -2.28. The molecule has 0 aliphatic carbocycles. The molecule has 1 unspecified atom stereocenters. The molecule has 0 aliphatic rings. The number of ether oxygens (including phenoxy) is 1. The Morgan fingerprint density at radius 3 is 2.79 bits per heavy atom. The van der Waals surface area contributed by atoms with Crippen molar-refractivity contribution in [3.63, 3.8) is 0 Å². The first-order valence-corrected chi connectivity index (χ1v) is 9.38. The first-order valence-electron chi connectivity index (χ1n) is 8.50. The number of rotatable bonds is 5. The molecule has 1 amide bonds. The number of phenolic OH excluding ortho intramolecular Hbond substituents is 1. The van der Waals surface area contributed by atoms with Crippen molar-refractivity contribution in [2.45, 2.75) is 31.0 Å². The van der Waals surface area contributed by atoms with Crippen LogP contribution in [0.25, 0.3) is 11.2 Å². The second kappa shape index (κ2) is 7.55. The normalized spacial score (nSPS) is 12.7. The number of methoxy groups -OCH3 is 1. The molecule has 28 heavy (non-hydrogen) atoms. The molecule has 0 bridgehead atoms. The van der Waals surface area contributed by atoms with Gasteiger partial charge in [-0.05, 0) is 17.5 Å². The van der Waals surface area contributed by atoms with Crippen molar-refractivity contribution in [3.8, 4) is 11.5 Å². The average molecular weight is 402 g/mol. The number of hydrogen-bond donors (Lipinski definition) is 4. The van der Waals surface area contributed by atoms with E-state index >= 15 is 0 Å². The van der Waals surface area contributed by atoms with Gasteiger partial charge in [-0.1, -0.05) is 32.5 Å². The number of amides is 1. The number of aromatic amines is 1. The van der Waals surface area contributed by atoms with Gasteiger partial charge in [-0.3, -0.25) is 4.79 Å². The summed E-state index contributed by atoms with van der Waals surface area (Å²) in [5, 5.41) is 12.7. The highest BCUT2D eigenvalue weighted by Gasteiger charge is 2.34.